The van der Waals surface area contributed by atoms with Gasteiger partial charge < -0.3 is 15.4 Å². The zero-order valence-electron chi connectivity index (χ0n) is 14.4. The Hall–Kier alpha value is -1.88. The van der Waals surface area contributed by atoms with Crippen molar-refractivity contribution in [3.05, 3.63) is 64.7 Å². The number of rotatable bonds is 6. The van der Waals surface area contributed by atoms with Crippen molar-refractivity contribution in [1.29, 1.82) is 0 Å². The van der Waals surface area contributed by atoms with Gasteiger partial charge >= 0.3 is 0 Å². The zero-order chi connectivity index (χ0) is 17.6. The van der Waals surface area contributed by atoms with E-state index in [0.29, 0.717) is 10.7 Å². The molecule has 1 aliphatic rings. The second-order valence-corrected chi connectivity index (χ2v) is 6.86. The average molecular weight is 360 g/mol. The number of halogens is 1. The van der Waals surface area contributed by atoms with Crippen LogP contribution in [0.5, 0.6) is 0 Å². The van der Waals surface area contributed by atoms with E-state index in [1.165, 1.54) is 0 Å². The lowest BCUT2D eigenvalue weighted by atomic mass is 10.1. The van der Waals surface area contributed by atoms with E-state index in [-0.39, 0.29) is 18.1 Å². The number of aryl methyl sites for hydroxylation is 1. The highest BCUT2D eigenvalue weighted by Gasteiger charge is 2.27. The average Bonchev–Trinajstić information content (AvgIpc) is 3.13. The van der Waals surface area contributed by atoms with Crippen molar-refractivity contribution in [3.63, 3.8) is 0 Å². The highest BCUT2D eigenvalue weighted by atomic mass is 35.5. The SMILES string of the molecule is Cc1ccc(NC(=O)[C@H]([NH2+]C[C@H]2CCCO2)c2ccccc2)cc1Cl. The molecule has 1 amide bonds. The molecule has 3 N–H and O–H groups in total. The first-order valence-corrected chi connectivity index (χ1v) is 9.08. The number of ether oxygens (including phenoxy) is 1. The summed E-state index contributed by atoms with van der Waals surface area (Å²) in [7, 11) is 0. The highest BCUT2D eigenvalue weighted by Crippen LogP contribution is 2.21. The lowest BCUT2D eigenvalue weighted by Crippen LogP contribution is -2.89. The fraction of sp³-hybridized carbons (Fsp3) is 0.350. The lowest BCUT2D eigenvalue weighted by Gasteiger charge is -2.18. The number of nitrogens with one attached hydrogen (secondary N) is 1. The van der Waals surface area contributed by atoms with Gasteiger partial charge in [0.25, 0.3) is 5.91 Å². The smallest absolute Gasteiger partial charge is 0.287 e. The van der Waals surface area contributed by atoms with Crippen LogP contribution < -0.4 is 10.6 Å². The molecule has 1 aliphatic heterocycles. The summed E-state index contributed by atoms with van der Waals surface area (Å²) >= 11 is 6.17. The number of anilines is 1. The molecule has 0 unspecified atom stereocenters. The van der Waals surface area contributed by atoms with Crippen LogP contribution in [-0.2, 0) is 9.53 Å². The minimum absolute atomic E-state index is 0.0517. The predicted octanol–water partition coefficient (Wildman–Crippen LogP) is 3.07. The van der Waals surface area contributed by atoms with Gasteiger partial charge in [-0.3, -0.25) is 4.79 Å². The lowest BCUT2D eigenvalue weighted by molar-refractivity contribution is -0.687. The fourth-order valence-corrected chi connectivity index (χ4v) is 3.24. The molecule has 1 fully saturated rings. The second-order valence-electron chi connectivity index (χ2n) is 6.45. The van der Waals surface area contributed by atoms with Crippen molar-refractivity contribution in [2.75, 3.05) is 18.5 Å². The summed E-state index contributed by atoms with van der Waals surface area (Å²) in [5.74, 6) is -0.0517. The molecule has 5 heteroatoms. The quantitative estimate of drug-likeness (QED) is 0.832. The number of carbonyl (C=O) groups is 1. The van der Waals surface area contributed by atoms with Crippen molar-refractivity contribution in [2.45, 2.75) is 31.9 Å². The first-order valence-electron chi connectivity index (χ1n) is 8.70. The first-order chi connectivity index (χ1) is 12.1. The monoisotopic (exact) mass is 359 g/mol. The van der Waals surface area contributed by atoms with Gasteiger partial charge in [-0.2, -0.15) is 0 Å². The molecule has 0 aromatic heterocycles. The Morgan fingerprint density at radius 1 is 1.32 bits per heavy atom. The maximum Gasteiger partial charge on any atom is 0.287 e. The topological polar surface area (TPSA) is 54.9 Å². The van der Waals surface area contributed by atoms with E-state index in [0.717, 1.165) is 37.1 Å². The molecule has 132 valence electrons. The van der Waals surface area contributed by atoms with Gasteiger partial charge in [0.1, 0.15) is 12.6 Å². The van der Waals surface area contributed by atoms with Crippen LogP contribution in [0.3, 0.4) is 0 Å². The Bertz CT molecular complexity index is 715. The van der Waals surface area contributed by atoms with E-state index in [4.69, 9.17) is 16.3 Å². The van der Waals surface area contributed by atoms with Gasteiger partial charge in [0, 0.05) is 22.9 Å². The van der Waals surface area contributed by atoms with Gasteiger partial charge in [0.15, 0.2) is 6.04 Å². The summed E-state index contributed by atoms with van der Waals surface area (Å²) < 4.78 is 5.69. The molecule has 2 atom stereocenters. The molecule has 1 saturated heterocycles. The van der Waals surface area contributed by atoms with Gasteiger partial charge in [-0.25, -0.2) is 0 Å². The minimum atomic E-state index is -0.314. The molecular formula is C20H24ClN2O2+. The van der Waals surface area contributed by atoms with Crippen LogP contribution in [0.2, 0.25) is 5.02 Å². The number of amides is 1. The maximum absolute atomic E-state index is 12.9. The Labute approximate surface area is 153 Å². The van der Waals surface area contributed by atoms with Crippen LogP contribution in [0, 0.1) is 6.92 Å². The summed E-state index contributed by atoms with van der Waals surface area (Å²) in [5, 5.41) is 5.70. The Morgan fingerprint density at radius 3 is 2.80 bits per heavy atom. The molecule has 0 spiro atoms. The molecule has 0 saturated carbocycles. The third-order valence-corrected chi connectivity index (χ3v) is 4.95. The molecule has 2 aromatic carbocycles. The van der Waals surface area contributed by atoms with E-state index >= 15 is 0 Å². The Morgan fingerprint density at radius 2 is 2.12 bits per heavy atom. The summed E-state index contributed by atoms with van der Waals surface area (Å²) in [6, 6.07) is 15.1. The van der Waals surface area contributed by atoms with E-state index in [9.17, 15) is 4.79 Å². The number of carbonyl (C=O) groups excluding carboxylic acids is 1. The van der Waals surface area contributed by atoms with Crippen LogP contribution in [-0.4, -0.2) is 25.2 Å². The molecule has 4 nitrogen and oxygen atoms in total. The first kappa shape index (κ1) is 17.9. The predicted molar refractivity (Wildman–Crippen MR) is 99.8 cm³/mol. The zero-order valence-corrected chi connectivity index (χ0v) is 15.1. The van der Waals surface area contributed by atoms with Crippen LogP contribution in [0.1, 0.15) is 30.0 Å². The molecule has 0 bridgehead atoms. The largest absolute Gasteiger partial charge is 0.372 e. The van der Waals surface area contributed by atoms with Gasteiger partial charge in [-0.15, -0.1) is 0 Å². The summed E-state index contributed by atoms with van der Waals surface area (Å²) in [5.41, 5.74) is 2.69. The second kappa shape index (κ2) is 8.48. The standard InChI is InChI=1S/C20H23ClN2O2/c1-14-9-10-16(12-18(14)21)23-20(24)19(15-6-3-2-4-7-15)22-13-17-8-5-11-25-17/h2-4,6-7,9-10,12,17,19,22H,5,8,11,13H2,1H3,(H,23,24)/p+1/t17-,19-/m1/s1. The van der Waals surface area contributed by atoms with Crippen molar-refractivity contribution in [2.24, 2.45) is 0 Å². The van der Waals surface area contributed by atoms with Crippen molar-refractivity contribution >= 4 is 23.2 Å². The van der Waals surface area contributed by atoms with Crippen LogP contribution in [0.25, 0.3) is 0 Å². The van der Waals surface area contributed by atoms with Crippen molar-refractivity contribution in [1.82, 2.24) is 0 Å². The molecule has 0 radical (unpaired) electrons. The van der Waals surface area contributed by atoms with Gasteiger partial charge in [0.2, 0.25) is 0 Å². The summed E-state index contributed by atoms with van der Waals surface area (Å²) in [6.45, 7) is 3.54. The van der Waals surface area contributed by atoms with E-state index in [1.54, 1.807) is 6.07 Å². The van der Waals surface area contributed by atoms with E-state index in [1.807, 2.05) is 49.4 Å². The van der Waals surface area contributed by atoms with E-state index in [2.05, 4.69) is 10.6 Å². The molecule has 3 rings (SSSR count). The van der Waals surface area contributed by atoms with Crippen LogP contribution in [0.4, 0.5) is 5.69 Å². The van der Waals surface area contributed by atoms with Crippen molar-refractivity contribution < 1.29 is 14.8 Å². The van der Waals surface area contributed by atoms with Gasteiger partial charge in [0.05, 0.1) is 0 Å². The van der Waals surface area contributed by atoms with Gasteiger partial charge in [-0.05, 0) is 37.5 Å². The Kier molecular flexibility index (Phi) is 6.08. The van der Waals surface area contributed by atoms with Gasteiger partial charge in [-0.1, -0.05) is 48.0 Å². The Balaban J connectivity index is 1.72. The van der Waals surface area contributed by atoms with E-state index < -0.39 is 0 Å². The van der Waals surface area contributed by atoms with Crippen LogP contribution >= 0.6 is 11.6 Å². The minimum Gasteiger partial charge on any atom is -0.372 e. The fourth-order valence-electron chi connectivity index (χ4n) is 3.06. The maximum atomic E-state index is 12.9. The number of quaternary nitrogens is 1. The third kappa shape index (κ3) is 4.82. The molecule has 1 heterocycles. The summed E-state index contributed by atoms with van der Waals surface area (Å²) in [4.78, 5) is 12.9. The molecular weight excluding hydrogens is 336 g/mol. The molecule has 2 aromatic rings. The summed E-state index contributed by atoms with van der Waals surface area (Å²) in [6.07, 6.45) is 2.39. The number of benzene rings is 2. The third-order valence-electron chi connectivity index (χ3n) is 4.54. The highest BCUT2D eigenvalue weighted by molar-refractivity contribution is 6.31. The normalized spacial score (nSPS) is 18.1. The van der Waals surface area contributed by atoms with Crippen LogP contribution in [0.15, 0.2) is 48.5 Å². The number of nitrogens with two attached hydrogens (primary N) is 1. The van der Waals surface area contributed by atoms with Crippen molar-refractivity contribution in [3.8, 4) is 0 Å². The number of hydrogen-bond donors (Lipinski definition) is 2. The molecule has 0 aliphatic carbocycles. The number of hydrogen-bond acceptors (Lipinski definition) is 2. The molecule has 25 heavy (non-hydrogen) atoms.